The van der Waals surface area contributed by atoms with Gasteiger partial charge in [0.15, 0.2) is 5.75 Å². The summed E-state index contributed by atoms with van der Waals surface area (Å²) in [5.41, 5.74) is 1.02. The van der Waals surface area contributed by atoms with E-state index in [4.69, 9.17) is 4.74 Å². The average Bonchev–Trinajstić information content (AvgIpc) is 3.02. The first-order chi connectivity index (χ1) is 8.81. The van der Waals surface area contributed by atoms with Crippen LogP contribution in [0.4, 0.5) is 0 Å². The van der Waals surface area contributed by atoms with Crippen molar-refractivity contribution in [3.8, 4) is 5.75 Å². The van der Waals surface area contributed by atoms with Gasteiger partial charge in [-0.25, -0.2) is 0 Å². The zero-order valence-electron chi connectivity index (χ0n) is 10.8. The van der Waals surface area contributed by atoms with E-state index in [-0.39, 0.29) is 6.04 Å². The van der Waals surface area contributed by atoms with Crippen LogP contribution in [0.3, 0.4) is 0 Å². The lowest BCUT2D eigenvalue weighted by Crippen LogP contribution is -2.21. The zero-order valence-corrected chi connectivity index (χ0v) is 11.6. The van der Waals surface area contributed by atoms with Crippen molar-refractivity contribution in [2.24, 2.45) is 0 Å². The number of hydrogen-bond donors (Lipinski definition) is 1. The maximum atomic E-state index is 5.39. The fourth-order valence-corrected chi connectivity index (χ4v) is 2.55. The molecule has 2 rings (SSSR count). The van der Waals surface area contributed by atoms with Crippen molar-refractivity contribution < 1.29 is 4.74 Å². The normalized spacial score (nSPS) is 12.6. The van der Waals surface area contributed by atoms with E-state index >= 15 is 0 Å². The number of rotatable bonds is 6. The zero-order chi connectivity index (χ0) is 13.0. The summed E-state index contributed by atoms with van der Waals surface area (Å²) in [6.45, 7) is 2.99. The van der Waals surface area contributed by atoms with Gasteiger partial charge in [-0.15, -0.1) is 5.10 Å². The lowest BCUT2D eigenvalue weighted by molar-refractivity contribution is 0.400. The summed E-state index contributed by atoms with van der Waals surface area (Å²) in [7, 11) is 3.57. The van der Waals surface area contributed by atoms with Crippen LogP contribution in [0.25, 0.3) is 0 Å². The summed E-state index contributed by atoms with van der Waals surface area (Å²) >= 11 is 1.38. The molecule has 6 nitrogen and oxygen atoms in total. The Morgan fingerprint density at radius 3 is 2.89 bits per heavy atom. The molecule has 0 aromatic carbocycles. The molecule has 0 aliphatic carbocycles. The van der Waals surface area contributed by atoms with Gasteiger partial charge in [-0.3, -0.25) is 4.68 Å². The van der Waals surface area contributed by atoms with Crippen LogP contribution in [0.5, 0.6) is 5.75 Å². The molecule has 0 spiro atoms. The van der Waals surface area contributed by atoms with Crippen molar-refractivity contribution in [2.75, 3.05) is 14.2 Å². The largest absolute Gasteiger partial charge is 0.493 e. The topological polar surface area (TPSA) is 64.9 Å². The molecule has 1 N–H and O–H groups in total. The molecule has 2 aromatic rings. The van der Waals surface area contributed by atoms with Crippen LogP contribution in [0, 0.1) is 0 Å². The summed E-state index contributed by atoms with van der Waals surface area (Å²) in [6, 6.07) is 0.00833. The van der Waals surface area contributed by atoms with E-state index in [1.807, 2.05) is 11.7 Å². The molecule has 1 unspecified atom stereocenters. The van der Waals surface area contributed by atoms with E-state index in [0.717, 1.165) is 29.3 Å². The van der Waals surface area contributed by atoms with E-state index in [9.17, 15) is 0 Å². The highest BCUT2D eigenvalue weighted by Gasteiger charge is 2.23. The molecule has 7 heteroatoms. The third-order valence-electron chi connectivity index (χ3n) is 2.73. The van der Waals surface area contributed by atoms with Crippen LogP contribution in [0.15, 0.2) is 12.4 Å². The number of methoxy groups -OCH3 is 1. The second-order valence-corrected chi connectivity index (χ2v) is 4.68. The molecule has 0 radical (unpaired) electrons. The first kappa shape index (κ1) is 13.0. The van der Waals surface area contributed by atoms with Gasteiger partial charge in [0, 0.05) is 6.54 Å². The SMILES string of the molecule is CCCn1ncc(OC)c1C(NC)c1cnns1. The Morgan fingerprint density at radius 2 is 2.33 bits per heavy atom. The molecule has 0 saturated heterocycles. The summed E-state index contributed by atoms with van der Waals surface area (Å²) in [5.74, 6) is 0.788. The Kier molecular flexibility index (Phi) is 4.27. The number of nitrogens with one attached hydrogen (secondary N) is 1. The Bertz CT molecular complexity index is 482. The van der Waals surface area contributed by atoms with Crippen molar-refractivity contribution in [1.82, 2.24) is 24.7 Å². The van der Waals surface area contributed by atoms with Gasteiger partial charge in [-0.05, 0) is 25.0 Å². The van der Waals surface area contributed by atoms with Gasteiger partial charge in [-0.1, -0.05) is 11.4 Å². The quantitative estimate of drug-likeness (QED) is 0.858. The highest BCUT2D eigenvalue weighted by Crippen LogP contribution is 2.30. The van der Waals surface area contributed by atoms with Gasteiger partial charge in [-0.2, -0.15) is 5.10 Å². The van der Waals surface area contributed by atoms with Gasteiger partial charge < -0.3 is 10.1 Å². The Labute approximate surface area is 110 Å². The molecule has 0 fully saturated rings. The smallest absolute Gasteiger partial charge is 0.161 e. The maximum absolute atomic E-state index is 5.39. The van der Waals surface area contributed by atoms with Crippen molar-refractivity contribution >= 4 is 11.5 Å². The lowest BCUT2D eigenvalue weighted by atomic mass is 10.1. The van der Waals surface area contributed by atoms with Crippen LogP contribution >= 0.6 is 11.5 Å². The van der Waals surface area contributed by atoms with Gasteiger partial charge in [0.1, 0.15) is 5.69 Å². The Hall–Kier alpha value is -1.47. The van der Waals surface area contributed by atoms with Crippen LogP contribution in [0.2, 0.25) is 0 Å². The first-order valence-corrected chi connectivity index (χ1v) is 6.63. The minimum Gasteiger partial charge on any atom is -0.493 e. The molecular formula is C11H17N5OS. The maximum Gasteiger partial charge on any atom is 0.161 e. The fraction of sp³-hybridized carbons (Fsp3) is 0.545. The van der Waals surface area contributed by atoms with Crippen LogP contribution in [-0.2, 0) is 6.54 Å². The van der Waals surface area contributed by atoms with Crippen molar-refractivity contribution in [2.45, 2.75) is 25.9 Å². The lowest BCUT2D eigenvalue weighted by Gasteiger charge is -2.17. The molecule has 0 aliphatic heterocycles. The second-order valence-electron chi connectivity index (χ2n) is 3.86. The highest BCUT2D eigenvalue weighted by molar-refractivity contribution is 7.05. The van der Waals surface area contributed by atoms with E-state index in [1.165, 1.54) is 11.5 Å². The molecule has 2 heterocycles. The van der Waals surface area contributed by atoms with Gasteiger partial charge in [0.25, 0.3) is 0 Å². The number of hydrogen-bond acceptors (Lipinski definition) is 6. The minimum absolute atomic E-state index is 0.00833. The van der Waals surface area contributed by atoms with Crippen LogP contribution in [0.1, 0.15) is 30.0 Å². The molecule has 0 saturated carbocycles. The van der Waals surface area contributed by atoms with E-state index in [2.05, 4.69) is 26.9 Å². The summed E-state index contributed by atoms with van der Waals surface area (Å²) in [5, 5.41) is 11.5. The second kappa shape index (κ2) is 5.92. The van der Waals surface area contributed by atoms with Gasteiger partial charge >= 0.3 is 0 Å². The van der Waals surface area contributed by atoms with Crippen molar-refractivity contribution in [1.29, 1.82) is 0 Å². The molecular weight excluding hydrogens is 250 g/mol. The number of nitrogens with zero attached hydrogens (tertiary/aromatic N) is 4. The van der Waals surface area contributed by atoms with E-state index < -0.39 is 0 Å². The molecule has 0 aliphatic rings. The van der Waals surface area contributed by atoms with Crippen molar-refractivity contribution in [3.05, 3.63) is 23.0 Å². The minimum atomic E-state index is 0.00833. The summed E-state index contributed by atoms with van der Waals surface area (Å²) in [4.78, 5) is 1.05. The third kappa shape index (κ3) is 2.37. The molecule has 0 amide bonds. The predicted molar refractivity (Wildman–Crippen MR) is 69.9 cm³/mol. The highest BCUT2D eigenvalue weighted by atomic mass is 32.1. The molecule has 1 atom stereocenters. The Morgan fingerprint density at radius 1 is 1.50 bits per heavy atom. The third-order valence-corrected chi connectivity index (χ3v) is 3.45. The number of aryl methyl sites for hydroxylation is 1. The Balaban J connectivity index is 2.42. The average molecular weight is 267 g/mol. The summed E-state index contributed by atoms with van der Waals surface area (Å²) < 4.78 is 11.3. The van der Waals surface area contributed by atoms with Crippen LogP contribution in [-0.4, -0.2) is 33.5 Å². The van der Waals surface area contributed by atoms with Gasteiger partial charge in [0.05, 0.1) is 30.4 Å². The monoisotopic (exact) mass is 267 g/mol. The standard InChI is InChI=1S/C11H17N5OS/c1-4-5-16-11(8(17-3)6-14-16)10(12-2)9-7-13-15-18-9/h6-7,10,12H,4-5H2,1-3H3. The molecule has 0 bridgehead atoms. The van der Waals surface area contributed by atoms with Crippen LogP contribution < -0.4 is 10.1 Å². The number of ether oxygens (including phenoxy) is 1. The summed E-state index contributed by atoms with van der Waals surface area (Å²) in [6.07, 6.45) is 4.55. The molecule has 18 heavy (non-hydrogen) atoms. The predicted octanol–water partition coefficient (Wildman–Crippen LogP) is 1.46. The van der Waals surface area contributed by atoms with Crippen molar-refractivity contribution in [3.63, 3.8) is 0 Å². The van der Waals surface area contributed by atoms with E-state index in [1.54, 1.807) is 19.5 Å². The molecule has 98 valence electrons. The van der Waals surface area contributed by atoms with E-state index in [0.29, 0.717) is 0 Å². The number of aromatic nitrogens is 4. The van der Waals surface area contributed by atoms with Gasteiger partial charge in [0.2, 0.25) is 0 Å². The first-order valence-electron chi connectivity index (χ1n) is 5.86. The molecule has 2 aromatic heterocycles. The fourth-order valence-electron chi connectivity index (χ4n) is 1.93.